The minimum Gasteiger partial charge on any atom is -0.350 e. The molecule has 0 aliphatic carbocycles. The third kappa shape index (κ3) is 3.35. The molecule has 7 heteroatoms. The average Bonchev–Trinajstić information content (AvgIpc) is 2.63. The Kier molecular flexibility index (Phi) is 4.47. The van der Waals surface area contributed by atoms with Gasteiger partial charge >= 0.3 is 11.1 Å². The van der Waals surface area contributed by atoms with Crippen LogP contribution in [0.1, 0.15) is 5.56 Å². The lowest BCUT2D eigenvalue weighted by Gasteiger charge is -2.12. The van der Waals surface area contributed by atoms with Crippen LogP contribution in [0.3, 0.4) is 0 Å². The van der Waals surface area contributed by atoms with Gasteiger partial charge in [-0.05, 0) is 29.8 Å². The van der Waals surface area contributed by atoms with Crippen LogP contribution in [-0.2, 0) is 24.9 Å². The van der Waals surface area contributed by atoms with Crippen LogP contribution in [0.4, 0.5) is 4.39 Å². The van der Waals surface area contributed by atoms with E-state index in [1.807, 2.05) is 0 Å². The quantitative estimate of drug-likeness (QED) is 0.724. The van der Waals surface area contributed by atoms with Crippen LogP contribution in [0.2, 0.25) is 0 Å². The highest BCUT2D eigenvalue weighted by Crippen LogP contribution is 2.09. The summed E-state index contributed by atoms with van der Waals surface area (Å²) in [7, 11) is 1.52. The molecule has 1 N–H and O–H groups in total. The molecule has 1 amide bonds. The molecule has 128 valence electrons. The SMILES string of the molecule is Cn1c(=O)c(=O)n(CC(=O)NCc2ccc(F)cc2)c2ccccc21. The number of fused-ring (bicyclic) bond motifs is 1. The van der Waals surface area contributed by atoms with Gasteiger partial charge in [-0.15, -0.1) is 0 Å². The summed E-state index contributed by atoms with van der Waals surface area (Å²) >= 11 is 0. The Balaban J connectivity index is 1.85. The van der Waals surface area contributed by atoms with Crippen molar-refractivity contribution in [3.63, 3.8) is 0 Å². The molecule has 0 atom stereocenters. The number of amides is 1. The number of aromatic nitrogens is 2. The smallest absolute Gasteiger partial charge is 0.317 e. The maximum atomic E-state index is 12.9. The van der Waals surface area contributed by atoms with E-state index in [-0.39, 0.29) is 18.9 Å². The van der Waals surface area contributed by atoms with Crippen LogP contribution in [0.15, 0.2) is 58.1 Å². The lowest BCUT2D eigenvalue weighted by atomic mass is 10.2. The van der Waals surface area contributed by atoms with Crippen LogP contribution in [-0.4, -0.2) is 15.0 Å². The van der Waals surface area contributed by atoms with E-state index >= 15 is 0 Å². The highest BCUT2D eigenvalue weighted by molar-refractivity contribution is 5.80. The van der Waals surface area contributed by atoms with Crippen LogP contribution in [0.25, 0.3) is 11.0 Å². The van der Waals surface area contributed by atoms with Crippen molar-refractivity contribution >= 4 is 16.9 Å². The van der Waals surface area contributed by atoms with E-state index < -0.39 is 17.0 Å². The van der Waals surface area contributed by atoms with Gasteiger partial charge in [0, 0.05) is 13.6 Å². The van der Waals surface area contributed by atoms with E-state index in [1.165, 1.54) is 23.7 Å². The van der Waals surface area contributed by atoms with Gasteiger partial charge in [-0.2, -0.15) is 0 Å². The second-order valence-electron chi connectivity index (χ2n) is 5.65. The fourth-order valence-electron chi connectivity index (χ4n) is 2.61. The van der Waals surface area contributed by atoms with Crippen LogP contribution >= 0.6 is 0 Å². The monoisotopic (exact) mass is 341 g/mol. The van der Waals surface area contributed by atoms with E-state index in [0.29, 0.717) is 11.0 Å². The van der Waals surface area contributed by atoms with Crippen molar-refractivity contribution in [1.29, 1.82) is 0 Å². The van der Waals surface area contributed by atoms with Gasteiger partial charge in [-0.3, -0.25) is 19.0 Å². The van der Waals surface area contributed by atoms with E-state index in [1.54, 1.807) is 36.4 Å². The second kappa shape index (κ2) is 6.72. The highest BCUT2D eigenvalue weighted by atomic mass is 19.1. The molecule has 0 saturated heterocycles. The third-order valence-electron chi connectivity index (χ3n) is 3.97. The Hall–Kier alpha value is -3.22. The van der Waals surface area contributed by atoms with Gasteiger partial charge in [0.2, 0.25) is 5.91 Å². The lowest BCUT2D eigenvalue weighted by Crippen LogP contribution is -2.43. The highest BCUT2D eigenvalue weighted by Gasteiger charge is 2.13. The van der Waals surface area contributed by atoms with Crippen molar-refractivity contribution in [1.82, 2.24) is 14.5 Å². The number of rotatable bonds is 4. The zero-order chi connectivity index (χ0) is 18.0. The van der Waals surface area contributed by atoms with Crippen LogP contribution in [0.5, 0.6) is 0 Å². The molecule has 1 aromatic heterocycles. The van der Waals surface area contributed by atoms with Gasteiger partial charge in [-0.25, -0.2) is 4.39 Å². The number of nitrogens with zero attached hydrogens (tertiary/aromatic N) is 2. The van der Waals surface area contributed by atoms with Gasteiger partial charge in [-0.1, -0.05) is 24.3 Å². The molecule has 2 aromatic carbocycles. The Morgan fingerprint density at radius 1 is 1.00 bits per heavy atom. The summed E-state index contributed by atoms with van der Waals surface area (Å²) in [5, 5.41) is 2.66. The Morgan fingerprint density at radius 2 is 1.64 bits per heavy atom. The fraction of sp³-hybridized carbons (Fsp3) is 0.167. The number of halogens is 1. The van der Waals surface area contributed by atoms with Crippen molar-refractivity contribution < 1.29 is 9.18 Å². The number of hydrogen-bond donors (Lipinski definition) is 1. The summed E-state index contributed by atoms with van der Waals surface area (Å²) < 4.78 is 15.3. The van der Waals surface area contributed by atoms with Crippen molar-refractivity contribution in [2.45, 2.75) is 13.1 Å². The molecule has 6 nitrogen and oxygen atoms in total. The molecular weight excluding hydrogens is 325 g/mol. The Bertz CT molecular complexity index is 1050. The minimum atomic E-state index is -0.752. The number of carbonyl (C=O) groups is 1. The number of para-hydroxylation sites is 2. The Morgan fingerprint density at radius 3 is 2.32 bits per heavy atom. The molecule has 25 heavy (non-hydrogen) atoms. The molecule has 0 aliphatic heterocycles. The minimum absolute atomic E-state index is 0.205. The van der Waals surface area contributed by atoms with Gasteiger partial charge in [0.1, 0.15) is 12.4 Å². The summed E-state index contributed by atoms with van der Waals surface area (Å²) in [6, 6.07) is 12.6. The lowest BCUT2D eigenvalue weighted by molar-refractivity contribution is -0.121. The first-order valence-electron chi connectivity index (χ1n) is 7.67. The fourth-order valence-corrected chi connectivity index (χ4v) is 2.61. The summed E-state index contributed by atoms with van der Waals surface area (Å²) in [6.07, 6.45) is 0. The van der Waals surface area contributed by atoms with Gasteiger partial charge in [0.05, 0.1) is 11.0 Å². The van der Waals surface area contributed by atoms with E-state index in [2.05, 4.69) is 5.32 Å². The van der Waals surface area contributed by atoms with Crippen molar-refractivity contribution in [3.05, 3.63) is 80.6 Å². The molecule has 3 aromatic rings. The molecule has 3 rings (SSSR count). The van der Waals surface area contributed by atoms with Crippen LogP contribution < -0.4 is 16.4 Å². The molecule has 0 saturated carbocycles. The summed E-state index contributed by atoms with van der Waals surface area (Å²) in [5.74, 6) is -0.766. The first-order valence-corrected chi connectivity index (χ1v) is 7.67. The normalized spacial score (nSPS) is 10.8. The summed E-state index contributed by atoms with van der Waals surface area (Å²) in [4.78, 5) is 36.5. The Labute approximate surface area is 142 Å². The molecule has 0 bridgehead atoms. The van der Waals surface area contributed by atoms with Crippen LogP contribution in [0, 0.1) is 5.82 Å². The molecule has 0 fully saturated rings. The number of nitrogens with one attached hydrogen (secondary N) is 1. The predicted molar refractivity (Wildman–Crippen MR) is 91.7 cm³/mol. The number of carbonyl (C=O) groups excluding carboxylic acids is 1. The third-order valence-corrected chi connectivity index (χ3v) is 3.97. The first kappa shape index (κ1) is 16.6. The van der Waals surface area contributed by atoms with Crippen molar-refractivity contribution in [3.8, 4) is 0 Å². The molecule has 0 aliphatic rings. The number of aryl methyl sites for hydroxylation is 1. The average molecular weight is 341 g/mol. The second-order valence-corrected chi connectivity index (χ2v) is 5.65. The van der Waals surface area contributed by atoms with Gasteiger partial charge in [0.15, 0.2) is 0 Å². The van der Waals surface area contributed by atoms with Gasteiger partial charge < -0.3 is 9.88 Å². The molecule has 0 spiro atoms. The zero-order valence-corrected chi connectivity index (χ0v) is 13.5. The largest absolute Gasteiger partial charge is 0.350 e. The van der Waals surface area contributed by atoms with Gasteiger partial charge in [0.25, 0.3) is 0 Å². The topological polar surface area (TPSA) is 73.1 Å². The zero-order valence-electron chi connectivity index (χ0n) is 13.5. The maximum Gasteiger partial charge on any atom is 0.317 e. The molecule has 1 heterocycles. The number of benzene rings is 2. The van der Waals surface area contributed by atoms with E-state index in [0.717, 1.165) is 10.1 Å². The standard InChI is InChI=1S/C18H16FN3O3/c1-21-14-4-2-3-5-15(14)22(18(25)17(21)24)11-16(23)20-10-12-6-8-13(19)9-7-12/h2-9H,10-11H2,1H3,(H,20,23). The summed E-state index contributed by atoms with van der Waals surface area (Å²) in [6.45, 7) is -0.0622. The molecule has 0 radical (unpaired) electrons. The van der Waals surface area contributed by atoms with Crippen molar-refractivity contribution in [2.75, 3.05) is 0 Å². The molecular formula is C18H16FN3O3. The number of hydrogen-bond acceptors (Lipinski definition) is 3. The predicted octanol–water partition coefficient (Wildman–Crippen LogP) is 1.16. The first-order chi connectivity index (χ1) is 12.0. The maximum absolute atomic E-state index is 12.9. The van der Waals surface area contributed by atoms with Crippen molar-refractivity contribution in [2.24, 2.45) is 7.05 Å². The van der Waals surface area contributed by atoms with E-state index in [9.17, 15) is 18.8 Å². The van der Waals surface area contributed by atoms with E-state index in [4.69, 9.17) is 0 Å². The molecule has 0 unspecified atom stereocenters. The summed E-state index contributed by atoms with van der Waals surface area (Å²) in [5.41, 5.74) is 0.365.